The summed E-state index contributed by atoms with van der Waals surface area (Å²) in [6.45, 7) is 4.09. The molecule has 0 spiro atoms. The van der Waals surface area contributed by atoms with Gasteiger partial charge in [0.1, 0.15) is 0 Å². The lowest BCUT2D eigenvalue weighted by atomic mass is 9.99. The SMILES string of the molecule is Cc1cccc(NC(=O)C[C@@H]2CCC[C@H]2N)c1C. The molecule has 0 bridgehead atoms. The molecule has 2 atom stereocenters. The van der Waals surface area contributed by atoms with Crippen LogP contribution >= 0.6 is 0 Å². The molecule has 1 amide bonds. The molecule has 1 aliphatic carbocycles. The van der Waals surface area contributed by atoms with Crippen molar-refractivity contribution in [3.8, 4) is 0 Å². The van der Waals surface area contributed by atoms with Crippen molar-refractivity contribution in [2.75, 3.05) is 5.32 Å². The predicted octanol–water partition coefficient (Wildman–Crippen LogP) is 2.76. The Kier molecular flexibility index (Phi) is 4.02. The fourth-order valence-corrected chi connectivity index (χ4v) is 2.64. The van der Waals surface area contributed by atoms with Crippen molar-refractivity contribution in [3.05, 3.63) is 29.3 Å². The zero-order chi connectivity index (χ0) is 13.1. The Morgan fingerprint density at radius 3 is 2.83 bits per heavy atom. The summed E-state index contributed by atoms with van der Waals surface area (Å²) in [5.74, 6) is 0.446. The second-order valence-electron chi connectivity index (χ2n) is 5.35. The average Bonchev–Trinajstić information content (AvgIpc) is 2.71. The Labute approximate surface area is 109 Å². The zero-order valence-electron chi connectivity index (χ0n) is 11.2. The number of carbonyl (C=O) groups is 1. The molecule has 1 aliphatic rings. The lowest BCUT2D eigenvalue weighted by molar-refractivity contribution is -0.117. The van der Waals surface area contributed by atoms with Crippen LogP contribution in [0.1, 0.15) is 36.8 Å². The predicted molar refractivity (Wildman–Crippen MR) is 74.5 cm³/mol. The summed E-state index contributed by atoms with van der Waals surface area (Å²) in [5, 5.41) is 3.00. The maximum Gasteiger partial charge on any atom is 0.224 e. The first-order valence-electron chi connectivity index (χ1n) is 6.69. The molecule has 0 heterocycles. The minimum absolute atomic E-state index is 0.0889. The third-order valence-electron chi connectivity index (χ3n) is 4.04. The van der Waals surface area contributed by atoms with Crippen molar-refractivity contribution in [3.63, 3.8) is 0 Å². The van der Waals surface area contributed by atoms with Crippen LogP contribution in [0.15, 0.2) is 18.2 Å². The highest BCUT2D eigenvalue weighted by molar-refractivity contribution is 5.91. The molecule has 1 aromatic carbocycles. The minimum atomic E-state index is 0.0889. The highest BCUT2D eigenvalue weighted by atomic mass is 16.1. The van der Waals surface area contributed by atoms with Gasteiger partial charge < -0.3 is 11.1 Å². The molecule has 0 saturated heterocycles. The van der Waals surface area contributed by atoms with E-state index in [1.165, 1.54) is 5.56 Å². The summed E-state index contributed by atoms with van der Waals surface area (Å²) in [6.07, 6.45) is 3.85. The molecule has 0 radical (unpaired) electrons. The number of hydrogen-bond acceptors (Lipinski definition) is 2. The molecule has 1 aromatic rings. The van der Waals surface area contributed by atoms with Gasteiger partial charge in [-0.2, -0.15) is 0 Å². The first-order valence-corrected chi connectivity index (χ1v) is 6.69. The largest absolute Gasteiger partial charge is 0.327 e. The van der Waals surface area contributed by atoms with Crippen molar-refractivity contribution in [2.24, 2.45) is 11.7 Å². The van der Waals surface area contributed by atoms with Crippen LogP contribution in [0.5, 0.6) is 0 Å². The number of amides is 1. The minimum Gasteiger partial charge on any atom is -0.327 e. The highest BCUT2D eigenvalue weighted by Gasteiger charge is 2.26. The molecule has 2 rings (SSSR count). The fourth-order valence-electron chi connectivity index (χ4n) is 2.64. The van der Waals surface area contributed by atoms with E-state index in [9.17, 15) is 4.79 Å². The summed E-state index contributed by atoms with van der Waals surface area (Å²) in [5.41, 5.74) is 9.26. The van der Waals surface area contributed by atoms with Crippen molar-refractivity contribution >= 4 is 11.6 Å². The zero-order valence-corrected chi connectivity index (χ0v) is 11.2. The van der Waals surface area contributed by atoms with Gasteiger partial charge in [-0.1, -0.05) is 18.6 Å². The molecular formula is C15H22N2O. The summed E-state index contributed by atoms with van der Waals surface area (Å²) in [4.78, 5) is 12.0. The van der Waals surface area contributed by atoms with Crippen molar-refractivity contribution in [1.29, 1.82) is 0 Å². The molecule has 3 heteroatoms. The molecule has 1 saturated carbocycles. The number of anilines is 1. The second-order valence-corrected chi connectivity index (χ2v) is 5.35. The van der Waals surface area contributed by atoms with Crippen LogP contribution in [0.25, 0.3) is 0 Å². The molecular weight excluding hydrogens is 224 g/mol. The van der Waals surface area contributed by atoms with E-state index >= 15 is 0 Å². The fraction of sp³-hybridized carbons (Fsp3) is 0.533. The second kappa shape index (κ2) is 5.53. The van der Waals surface area contributed by atoms with E-state index in [2.05, 4.69) is 18.3 Å². The van der Waals surface area contributed by atoms with Crippen LogP contribution in [-0.2, 0) is 4.79 Å². The first kappa shape index (κ1) is 13.1. The number of hydrogen-bond donors (Lipinski definition) is 2. The summed E-state index contributed by atoms with van der Waals surface area (Å²) in [7, 11) is 0. The molecule has 0 unspecified atom stereocenters. The molecule has 18 heavy (non-hydrogen) atoms. The Morgan fingerprint density at radius 1 is 1.39 bits per heavy atom. The van der Waals surface area contributed by atoms with Gasteiger partial charge in [-0.05, 0) is 49.8 Å². The summed E-state index contributed by atoms with van der Waals surface area (Å²) in [6, 6.07) is 6.18. The van der Waals surface area contributed by atoms with Gasteiger partial charge in [0.25, 0.3) is 0 Å². The molecule has 1 fully saturated rings. The van der Waals surface area contributed by atoms with E-state index in [1.54, 1.807) is 0 Å². The van der Waals surface area contributed by atoms with Gasteiger partial charge in [0.2, 0.25) is 5.91 Å². The Hall–Kier alpha value is -1.35. The van der Waals surface area contributed by atoms with Crippen molar-refractivity contribution in [1.82, 2.24) is 0 Å². The molecule has 98 valence electrons. The van der Waals surface area contributed by atoms with Gasteiger partial charge in [-0.3, -0.25) is 4.79 Å². The van der Waals surface area contributed by atoms with E-state index in [0.717, 1.165) is 30.5 Å². The normalized spacial score (nSPS) is 23.1. The molecule has 3 N–H and O–H groups in total. The molecule has 0 aliphatic heterocycles. The van der Waals surface area contributed by atoms with Crippen LogP contribution in [0, 0.1) is 19.8 Å². The maximum atomic E-state index is 12.0. The van der Waals surface area contributed by atoms with Gasteiger partial charge in [-0.15, -0.1) is 0 Å². The van der Waals surface area contributed by atoms with Gasteiger partial charge in [0.05, 0.1) is 0 Å². The number of carbonyl (C=O) groups excluding carboxylic acids is 1. The molecule has 0 aromatic heterocycles. The van der Waals surface area contributed by atoms with Crippen LogP contribution in [0.2, 0.25) is 0 Å². The lowest BCUT2D eigenvalue weighted by Crippen LogP contribution is -2.28. The standard InChI is InChI=1S/C15H22N2O/c1-10-5-3-8-14(11(10)2)17-15(18)9-12-6-4-7-13(12)16/h3,5,8,12-13H,4,6-7,9,16H2,1-2H3,(H,17,18)/t12-,13+/m0/s1. The highest BCUT2D eigenvalue weighted by Crippen LogP contribution is 2.27. The Bertz CT molecular complexity index is 442. The third kappa shape index (κ3) is 2.91. The van der Waals surface area contributed by atoms with E-state index in [1.807, 2.05) is 19.1 Å². The number of aryl methyl sites for hydroxylation is 1. The van der Waals surface area contributed by atoms with E-state index in [4.69, 9.17) is 5.73 Å². The van der Waals surface area contributed by atoms with Gasteiger partial charge in [0.15, 0.2) is 0 Å². The summed E-state index contributed by atoms with van der Waals surface area (Å²) < 4.78 is 0. The maximum absolute atomic E-state index is 12.0. The van der Waals surface area contributed by atoms with Crippen LogP contribution in [0.4, 0.5) is 5.69 Å². The summed E-state index contributed by atoms with van der Waals surface area (Å²) >= 11 is 0. The van der Waals surface area contributed by atoms with Crippen LogP contribution in [0.3, 0.4) is 0 Å². The Balaban J connectivity index is 1.97. The number of rotatable bonds is 3. The van der Waals surface area contributed by atoms with E-state index in [0.29, 0.717) is 12.3 Å². The number of benzene rings is 1. The lowest BCUT2D eigenvalue weighted by Gasteiger charge is -2.16. The van der Waals surface area contributed by atoms with Gasteiger partial charge >= 0.3 is 0 Å². The molecule has 3 nitrogen and oxygen atoms in total. The van der Waals surface area contributed by atoms with Crippen molar-refractivity contribution < 1.29 is 4.79 Å². The first-order chi connectivity index (χ1) is 8.58. The monoisotopic (exact) mass is 246 g/mol. The van der Waals surface area contributed by atoms with Gasteiger partial charge in [-0.25, -0.2) is 0 Å². The van der Waals surface area contributed by atoms with Crippen LogP contribution < -0.4 is 11.1 Å². The van der Waals surface area contributed by atoms with Crippen LogP contribution in [-0.4, -0.2) is 11.9 Å². The van der Waals surface area contributed by atoms with E-state index < -0.39 is 0 Å². The smallest absolute Gasteiger partial charge is 0.224 e. The topological polar surface area (TPSA) is 55.1 Å². The average molecular weight is 246 g/mol. The third-order valence-corrected chi connectivity index (χ3v) is 4.04. The number of nitrogens with one attached hydrogen (secondary N) is 1. The Morgan fingerprint density at radius 2 is 2.17 bits per heavy atom. The van der Waals surface area contributed by atoms with E-state index in [-0.39, 0.29) is 11.9 Å². The van der Waals surface area contributed by atoms with Crippen molar-refractivity contribution in [2.45, 2.75) is 45.6 Å². The number of nitrogens with two attached hydrogens (primary N) is 1. The van der Waals surface area contributed by atoms with Gasteiger partial charge in [0, 0.05) is 18.2 Å². The quantitative estimate of drug-likeness (QED) is 0.861.